The first-order chi connectivity index (χ1) is 8.79. The Morgan fingerprint density at radius 2 is 2.17 bits per heavy atom. The van der Waals surface area contributed by atoms with Gasteiger partial charge in [0.1, 0.15) is 6.17 Å². The molecule has 0 amide bonds. The number of aliphatic imine (C=N–C) groups is 1. The van der Waals surface area contributed by atoms with Crippen LogP contribution < -0.4 is 5.73 Å². The van der Waals surface area contributed by atoms with Crippen molar-refractivity contribution in [1.29, 1.82) is 5.26 Å². The minimum Gasteiger partial charge on any atom is -0.306 e. The van der Waals surface area contributed by atoms with Gasteiger partial charge in [0.2, 0.25) is 0 Å². The maximum Gasteiger partial charge on any atom is 0.122 e. The van der Waals surface area contributed by atoms with Crippen molar-refractivity contribution >= 4 is 6.21 Å². The van der Waals surface area contributed by atoms with E-state index in [9.17, 15) is 0 Å². The Kier molecular flexibility index (Phi) is 4.06. The van der Waals surface area contributed by atoms with E-state index in [0.717, 1.165) is 17.6 Å². The molecule has 2 rings (SSSR count). The molecule has 0 aliphatic heterocycles. The topological polar surface area (TPSA) is 62.2 Å². The number of nitriles is 1. The summed E-state index contributed by atoms with van der Waals surface area (Å²) in [5, 5.41) is 8.89. The molecule has 1 aliphatic carbocycles. The number of hydrogen-bond acceptors (Lipinski definition) is 3. The second kappa shape index (κ2) is 5.95. The predicted octanol–water partition coefficient (Wildman–Crippen LogP) is 2.42. The third kappa shape index (κ3) is 3.16. The van der Waals surface area contributed by atoms with Gasteiger partial charge in [0.15, 0.2) is 0 Å². The van der Waals surface area contributed by atoms with Crippen molar-refractivity contribution in [1.82, 2.24) is 0 Å². The van der Waals surface area contributed by atoms with Crippen LogP contribution >= 0.6 is 0 Å². The molecule has 0 bridgehead atoms. The largest absolute Gasteiger partial charge is 0.306 e. The molecular weight excluding hydrogens is 222 g/mol. The lowest BCUT2D eigenvalue weighted by molar-refractivity contribution is 0.772. The van der Waals surface area contributed by atoms with Crippen molar-refractivity contribution in [3.8, 4) is 6.07 Å². The average Bonchev–Trinajstić information content (AvgIpc) is 2.46. The van der Waals surface area contributed by atoms with Crippen LogP contribution in [0.5, 0.6) is 0 Å². The van der Waals surface area contributed by atoms with Crippen LogP contribution in [0.3, 0.4) is 0 Å². The molecule has 1 aromatic carbocycles. The van der Waals surface area contributed by atoms with E-state index in [0.29, 0.717) is 0 Å². The number of allylic oxidation sites excluding steroid dienone is 2. The van der Waals surface area contributed by atoms with Crippen LogP contribution in [0.25, 0.3) is 0 Å². The smallest absolute Gasteiger partial charge is 0.122 e. The lowest BCUT2D eigenvalue weighted by Crippen LogP contribution is -2.21. The highest BCUT2D eigenvalue weighted by molar-refractivity contribution is 5.79. The summed E-state index contributed by atoms with van der Waals surface area (Å²) in [5.74, 6) is -0.0806. The minimum atomic E-state index is -0.405. The Hall–Kier alpha value is -2.18. The van der Waals surface area contributed by atoms with Crippen LogP contribution in [-0.4, -0.2) is 12.4 Å². The number of rotatable bonds is 3. The molecule has 2 unspecified atom stereocenters. The number of nitrogens with zero attached hydrogens (tertiary/aromatic N) is 2. The van der Waals surface area contributed by atoms with E-state index < -0.39 is 6.17 Å². The van der Waals surface area contributed by atoms with E-state index in [1.807, 2.05) is 48.6 Å². The van der Waals surface area contributed by atoms with Crippen LogP contribution in [-0.2, 0) is 0 Å². The molecule has 0 radical (unpaired) electrons. The second-order valence-corrected chi connectivity index (χ2v) is 4.17. The summed E-state index contributed by atoms with van der Waals surface area (Å²) in [6, 6.07) is 12.0. The van der Waals surface area contributed by atoms with E-state index in [-0.39, 0.29) is 5.92 Å². The SMILES string of the molecule is N#CC1C=C(C(N)N=Cc2ccccc2)C=CC1. The van der Waals surface area contributed by atoms with E-state index >= 15 is 0 Å². The fraction of sp³-hybridized carbons (Fsp3) is 0.200. The summed E-state index contributed by atoms with van der Waals surface area (Å²) in [6.45, 7) is 0. The molecular formula is C15H15N3. The zero-order valence-electron chi connectivity index (χ0n) is 10.0. The average molecular weight is 237 g/mol. The van der Waals surface area contributed by atoms with Gasteiger partial charge in [-0.25, -0.2) is 0 Å². The highest BCUT2D eigenvalue weighted by atomic mass is 14.9. The molecule has 1 aliphatic rings. The van der Waals surface area contributed by atoms with E-state index in [1.54, 1.807) is 6.21 Å². The van der Waals surface area contributed by atoms with Gasteiger partial charge in [-0.2, -0.15) is 5.26 Å². The molecule has 3 heteroatoms. The molecule has 2 N–H and O–H groups in total. The molecule has 0 heterocycles. The summed E-state index contributed by atoms with van der Waals surface area (Å²) < 4.78 is 0. The monoisotopic (exact) mass is 237 g/mol. The summed E-state index contributed by atoms with van der Waals surface area (Å²) in [4.78, 5) is 4.31. The van der Waals surface area contributed by atoms with Crippen molar-refractivity contribution < 1.29 is 0 Å². The maximum absolute atomic E-state index is 8.89. The van der Waals surface area contributed by atoms with E-state index in [2.05, 4.69) is 11.1 Å². The molecule has 0 spiro atoms. The first-order valence-electron chi connectivity index (χ1n) is 5.91. The quantitative estimate of drug-likeness (QED) is 0.820. The number of hydrogen-bond donors (Lipinski definition) is 1. The highest BCUT2D eigenvalue weighted by Gasteiger charge is 2.12. The predicted molar refractivity (Wildman–Crippen MR) is 73.0 cm³/mol. The fourth-order valence-electron chi connectivity index (χ4n) is 1.79. The first-order valence-corrected chi connectivity index (χ1v) is 5.91. The van der Waals surface area contributed by atoms with Crippen LogP contribution in [0, 0.1) is 17.2 Å². The van der Waals surface area contributed by atoms with Gasteiger partial charge in [-0.15, -0.1) is 0 Å². The second-order valence-electron chi connectivity index (χ2n) is 4.17. The third-order valence-electron chi connectivity index (χ3n) is 2.79. The van der Waals surface area contributed by atoms with Crippen molar-refractivity contribution in [3.05, 3.63) is 59.7 Å². The molecule has 0 fully saturated rings. The van der Waals surface area contributed by atoms with Crippen LogP contribution in [0.2, 0.25) is 0 Å². The van der Waals surface area contributed by atoms with Crippen molar-refractivity contribution in [3.63, 3.8) is 0 Å². The number of benzene rings is 1. The summed E-state index contributed by atoms with van der Waals surface area (Å²) in [6.07, 6.45) is 7.93. The summed E-state index contributed by atoms with van der Waals surface area (Å²) in [5.41, 5.74) is 7.91. The van der Waals surface area contributed by atoms with Crippen molar-refractivity contribution in [2.45, 2.75) is 12.6 Å². The molecule has 0 saturated carbocycles. The first kappa shape index (κ1) is 12.3. The van der Waals surface area contributed by atoms with Gasteiger partial charge in [0.25, 0.3) is 0 Å². The lowest BCUT2D eigenvalue weighted by atomic mass is 9.96. The third-order valence-corrected chi connectivity index (χ3v) is 2.79. The standard InChI is InChI=1S/C15H15N3/c16-10-13-7-4-8-14(9-13)15(17)18-11-12-5-2-1-3-6-12/h1-6,8-9,11,13,15H,7,17H2. The Balaban J connectivity index is 2.07. The van der Waals surface area contributed by atoms with Gasteiger partial charge < -0.3 is 5.73 Å². The van der Waals surface area contributed by atoms with E-state index in [4.69, 9.17) is 11.0 Å². The van der Waals surface area contributed by atoms with Gasteiger partial charge in [-0.1, -0.05) is 48.6 Å². The van der Waals surface area contributed by atoms with Crippen LogP contribution in [0.1, 0.15) is 12.0 Å². The van der Waals surface area contributed by atoms with E-state index in [1.165, 1.54) is 0 Å². The van der Waals surface area contributed by atoms with Gasteiger partial charge in [-0.3, -0.25) is 4.99 Å². The highest BCUT2D eigenvalue weighted by Crippen LogP contribution is 2.18. The number of nitrogens with two attached hydrogens (primary N) is 1. The maximum atomic E-state index is 8.89. The molecule has 3 nitrogen and oxygen atoms in total. The molecule has 2 atom stereocenters. The fourth-order valence-corrected chi connectivity index (χ4v) is 1.79. The van der Waals surface area contributed by atoms with Gasteiger partial charge in [0.05, 0.1) is 12.0 Å². The van der Waals surface area contributed by atoms with Gasteiger partial charge in [-0.05, 0) is 17.6 Å². The van der Waals surface area contributed by atoms with Crippen molar-refractivity contribution in [2.24, 2.45) is 16.6 Å². The molecule has 0 aromatic heterocycles. The van der Waals surface area contributed by atoms with Gasteiger partial charge >= 0.3 is 0 Å². The Morgan fingerprint density at radius 3 is 2.89 bits per heavy atom. The summed E-state index contributed by atoms with van der Waals surface area (Å²) in [7, 11) is 0. The van der Waals surface area contributed by atoms with Gasteiger partial charge in [0, 0.05) is 6.21 Å². The van der Waals surface area contributed by atoms with Crippen LogP contribution in [0.4, 0.5) is 0 Å². The Bertz CT molecular complexity index is 520. The summed E-state index contributed by atoms with van der Waals surface area (Å²) >= 11 is 0. The van der Waals surface area contributed by atoms with Crippen molar-refractivity contribution in [2.75, 3.05) is 0 Å². The zero-order valence-corrected chi connectivity index (χ0v) is 10.0. The molecule has 18 heavy (non-hydrogen) atoms. The molecule has 1 aromatic rings. The Morgan fingerprint density at radius 1 is 1.39 bits per heavy atom. The minimum absolute atomic E-state index is 0.0806. The normalized spacial score (nSPS) is 20.4. The lowest BCUT2D eigenvalue weighted by Gasteiger charge is -2.13. The molecule has 0 saturated heterocycles. The van der Waals surface area contributed by atoms with Crippen LogP contribution in [0.15, 0.2) is 59.1 Å². The Labute approximate surface area is 107 Å². The zero-order chi connectivity index (χ0) is 12.8. The molecule has 90 valence electrons.